The van der Waals surface area contributed by atoms with Crippen molar-refractivity contribution in [1.29, 1.82) is 0 Å². The lowest BCUT2D eigenvalue weighted by atomic mass is 9.52. The smallest absolute Gasteiger partial charge is 0.156 e. The fraction of sp³-hybridized carbons (Fsp3) is 0.400. The van der Waals surface area contributed by atoms with E-state index >= 15 is 0 Å². The molecule has 2 fully saturated rings. The molecule has 2 aromatic carbocycles. The van der Waals surface area contributed by atoms with Gasteiger partial charge in [0.25, 0.3) is 0 Å². The van der Waals surface area contributed by atoms with Crippen LogP contribution in [-0.2, 0) is 4.79 Å². The first-order valence-corrected chi connectivity index (χ1v) is 13.9. The Hall–Kier alpha value is -2.93. The maximum Gasteiger partial charge on any atom is 0.156 e. The van der Waals surface area contributed by atoms with Crippen molar-refractivity contribution in [2.45, 2.75) is 64.7 Å². The van der Waals surface area contributed by atoms with Crippen molar-refractivity contribution in [2.75, 3.05) is 0 Å². The summed E-state index contributed by atoms with van der Waals surface area (Å²) >= 11 is 0. The van der Waals surface area contributed by atoms with Gasteiger partial charge >= 0.3 is 0 Å². The van der Waals surface area contributed by atoms with E-state index in [-0.39, 0.29) is 0 Å². The third-order valence-electron chi connectivity index (χ3n) is 10.2. The molecule has 0 heterocycles. The highest BCUT2D eigenvalue weighted by molar-refractivity contribution is 5.93. The van der Waals surface area contributed by atoms with Crippen LogP contribution in [0.1, 0.15) is 87.0 Å². The number of benzene rings is 2. The Morgan fingerprint density at radius 1 is 0.917 bits per heavy atom. The van der Waals surface area contributed by atoms with Gasteiger partial charge in [0.2, 0.25) is 0 Å². The average molecular weight is 475 g/mol. The Kier molecular flexibility index (Phi) is 5.98. The summed E-state index contributed by atoms with van der Waals surface area (Å²) in [7, 11) is 0. The molecule has 0 aromatic heterocycles. The quantitative estimate of drug-likeness (QED) is 0.404. The second-order valence-electron chi connectivity index (χ2n) is 11.9. The van der Waals surface area contributed by atoms with Crippen molar-refractivity contribution >= 4 is 24.0 Å². The fourth-order valence-electron chi connectivity index (χ4n) is 8.03. The lowest BCUT2D eigenvalue weighted by Gasteiger charge is -2.52. The van der Waals surface area contributed by atoms with Crippen molar-refractivity contribution in [1.82, 2.24) is 0 Å². The van der Waals surface area contributed by atoms with Crippen LogP contribution in [0.25, 0.3) is 18.2 Å². The largest absolute Gasteiger partial charge is 0.295 e. The van der Waals surface area contributed by atoms with Gasteiger partial charge in [0.1, 0.15) is 0 Å². The van der Waals surface area contributed by atoms with Crippen LogP contribution >= 0.6 is 0 Å². The highest BCUT2D eigenvalue weighted by Gasteiger charge is 2.55. The Labute approximate surface area is 216 Å². The second-order valence-corrected chi connectivity index (χ2v) is 11.9. The molecule has 0 radical (unpaired) electrons. The van der Waals surface area contributed by atoms with Crippen molar-refractivity contribution in [3.8, 4) is 0 Å². The SMILES string of the molecule is C=Cc1cccc(/C=C/c2ccc(C3CC4(C)C(C)CCC4C4CCC5=CC(=O)CCC5=C34)cc2)c1. The minimum atomic E-state index is 0.328. The molecule has 4 aliphatic rings. The van der Waals surface area contributed by atoms with E-state index in [2.05, 4.69) is 81.1 Å². The van der Waals surface area contributed by atoms with Gasteiger partial charge in [-0.05, 0) is 107 Å². The van der Waals surface area contributed by atoms with E-state index in [1.807, 2.05) is 12.2 Å². The Morgan fingerprint density at radius 2 is 1.69 bits per heavy atom. The fourth-order valence-corrected chi connectivity index (χ4v) is 8.03. The molecule has 5 unspecified atom stereocenters. The first-order chi connectivity index (χ1) is 17.5. The van der Waals surface area contributed by atoms with Gasteiger partial charge in [0.15, 0.2) is 5.78 Å². The highest BCUT2D eigenvalue weighted by atomic mass is 16.1. The molecule has 184 valence electrons. The number of hydrogen-bond donors (Lipinski definition) is 0. The number of fused-ring (bicyclic) bond motifs is 4. The molecule has 0 N–H and O–H groups in total. The van der Waals surface area contributed by atoms with Crippen LogP contribution in [0.15, 0.2) is 77.9 Å². The molecule has 36 heavy (non-hydrogen) atoms. The molecule has 2 saturated carbocycles. The van der Waals surface area contributed by atoms with Crippen LogP contribution in [0, 0.1) is 23.2 Å². The molecular formula is C35H38O. The van der Waals surface area contributed by atoms with Gasteiger partial charge in [-0.1, -0.05) is 86.7 Å². The van der Waals surface area contributed by atoms with Gasteiger partial charge in [0.05, 0.1) is 0 Å². The molecule has 0 bridgehead atoms. The molecule has 4 aliphatic carbocycles. The number of rotatable bonds is 4. The molecule has 5 atom stereocenters. The van der Waals surface area contributed by atoms with Crippen molar-refractivity contribution < 1.29 is 4.79 Å². The molecule has 0 saturated heterocycles. The molecule has 2 aromatic rings. The third-order valence-corrected chi connectivity index (χ3v) is 10.2. The average Bonchev–Trinajstić information content (AvgIpc) is 3.21. The molecular weight excluding hydrogens is 436 g/mol. The summed E-state index contributed by atoms with van der Waals surface area (Å²) in [5, 5.41) is 0. The minimum Gasteiger partial charge on any atom is -0.295 e. The zero-order chi connectivity index (χ0) is 24.9. The van der Waals surface area contributed by atoms with E-state index < -0.39 is 0 Å². The van der Waals surface area contributed by atoms with Crippen LogP contribution in [0.4, 0.5) is 0 Å². The van der Waals surface area contributed by atoms with Crippen molar-refractivity contribution in [3.63, 3.8) is 0 Å². The standard InChI is InChI=1S/C35H38O/c1-4-24-6-5-7-26(20-24)10-9-25-11-13-27(14-12-25)32-22-35(3)23(2)8-19-33(35)31-17-15-28-21-29(36)16-18-30(28)34(31)32/h4-7,9-14,20-21,23,31-33H,1,8,15-19,22H2,2-3H3/b10-9+. The molecule has 6 rings (SSSR count). The van der Waals surface area contributed by atoms with Crippen LogP contribution in [0.2, 0.25) is 0 Å². The number of allylic oxidation sites excluding steroid dienone is 4. The zero-order valence-electron chi connectivity index (χ0n) is 21.8. The number of ketones is 1. The Bertz CT molecular complexity index is 1290. The van der Waals surface area contributed by atoms with E-state index in [1.165, 1.54) is 47.9 Å². The molecule has 0 aliphatic heterocycles. The van der Waals surface area contributed by atoms with Gasteiger partial charge in [0, 0.05) is 12.3 Å². The van der Waals surface area contributed by atoms with Crippen LogP contribution in [0.5, 0.6) is 0 Å². The van der Waals surface area contributed by atoms with Gasteiger partial charge in [-0.25, -0.2) is 0 Å². The van der Waals surface area contributed by atoms with Gasteiger partial charge in [-0.3, -0.25) is 4.79 Å². The minimum absolute atomic E-state index is 0.328. The van der Waals surface area contributed by atoms with Crippen molar-refractivity contribution in [2.24, 2.45) is 23.2 Å². The lowest BCUT2D eigenvalue weighted by Crippen LogP contribution is -2.42. The van der Waals surface area contributed by atoms with E-state index in [9.17, 15) is 4.79 Å². The normalized spacial score (nSPS) is 31.6. The maximum atomic E-state index is 12.2. The Balaban J connectivity index is 1.35. The maximum absolute atomic E-state index is 12.2. The summed E-state index contributed by atoms with van der Waals surface area (Å²) < 4.78 is 0. The van der Waals surface area contributed by atoms with E-state index in [4.69, 9.17) is 0 Å². The predicted molar refractivity (Wildman–Crippen MR) is 151 cm³/mol. The van der Waals surface area contributed by atoms with E-state index in [0.717, 1.165) is 30.2 Å². The van der Waals surface area contributed by atoms with Gasteiger partial charge < -0.3 is 0 Å². The first-order valence-electron chi connectivity index (χ1n) is 13.9. The summed E-state index contributed by atoms with van der Waals surface area (Å²) in [6.07, 6.45) is 16.2. The molecule has 0 amide bonds. The van der Waals surface area contributed by atoms with Gasteiger partial charge in [-0.2, -0.15) is 0 Å². The monoisotopic (exact) mass is 474 g/mol. The summed E-state index contributed by atoms with van der Waals surface area (Å²) in [6.45, 7) is 8.97. The van der Waals surface area contributed by atoms with Gasteiger partial charge in [-0.15, -0.1) is 0 Å². The second kappa shape index (κ2) is 9.18. The highest BCUT2D eigenvalue weighted by Crippen LogP contribution is 2.65. The lowest BCUT2D eigenvalue weighted by molar-refractivity contribution is -0.114. The first kappa shape index (κ1) is 23.5. The Morgan fingerprint density at radius 3 is 2.50 bits per heavy atom. The molecule has 1 heteroatoms. The summed E-state index contributed by atoms with van der Waals surface area (Å²) in [4.78, 5) is 12.2. The van der Waals surface area contributed by atoms with Crippen LogP contribution in [-0.4, -0.2) is 5.78 Å². The number of carbonyl (C=O) groups is 1. The summed E-state index contributed by atoms with van der Waals surface area (Å²) in [5.41, 5.74) is 10.1. The van der Waals surface area contributed by atoms with E-state index in [0.29, 0.717) is 29.5 Å². The van der Waals surface area contributed by atoms with Crippen molar-refractivity contribution in [3.05, 3.63) is 100 Å². The third kappa shape index (κ3) is 3.97. The summed E-state index contributed by atoms with van der Waals surface area (Å²) in [5.74, 6) is 3.09. The number of hydrogen-bond acceptors (Lipinski definition) is 1. The van der Waals surface area contributed by atoms with Crippen LogP contribution in [0.3, 0.4) is 0 Å². The summed E-state index contributed by atoms with van der Waals surface area (Å²) in [6, 6.07) is 17.8. The van der Waals surface area contributed by atoms with Crippen LogP contribution < -0.4 is 0 Å². The predicted octanol–water partition coefficient (Wildman–Crippen LogP) is 9.04. The topological polar surface area (TPSA) is 17.1 Å². The number of carbonyl (C=O) groups excluding carboxylic acids is 1. The molecule has 0 spiro atoms. The van der Waals surface area contributed by atoms with E-state index in [1.54, 1.807) is 11.1 Å². The molecule has 1 nitrogen and oxygen atoms in total. The zero-order valence-corrected chi connectivity index (χ0v) is 21.8.